The smallest absolute Gasteiger partial charge is 0.0274 e. The van der Waals surface area contributed by atoms with Gasteiger partial charge in [-0.15, -0.1) is 0 Å². The molecule has 0 atom stereocenters. The number of hydrogen-bond donors (Lipinski definition) is 0. The molecule has 0 aliphatic heterocycles. The van der Waals surface area contributed by atoms with Crippen molar-refractivity contribution in [2.24, 2.45) is 0 Å². The maximum absolute atomic E-state index is 2.36. The van der Waals surface area contributed by atoms with Crippen molar-refractivity contribution >= 4 is 8.58 Å². The fourth-order valence-corrected chi connectivity index (χ4v) is 3.67. The molecule has 0 aromatic carbocycles. The first-order valence-corrected chi connectivity index (χ1v) is 7.93. The minimum absolute atomic E-state index is 0.935. The molecule has 0 saturated carbocycles. The van der Waals surface area contributed by atoms with Crippen LogP contribution >= 0.6 is 8.58 Å². The lowest BCUT2D eigenvalue weighted by Gasteiger charge is -2.13. The summed E-state index contributed by atoms with van der Waals surface area (Å²) in [6, 6.07) is 0. The Morgan fingerprint density at radius 2 is 1.24 bits per heavy atom. The van der Waals surface area contributed by atoms with E-state index in [1.807, 2.05) is 0 Å². The predicted octanol–water partition coefficient (Wildman–Crippen LogP) is 5.69. The van der Waals surface area contributed by atoms with Crippen LogP contribution in [-0.2, 0) is 0 Å². The van der Waals surface area contributed by atoms with Crippen molar-refractivity contribution < 1.29 is 0 Å². The average molecular weight is 246 g/mol. The summed E-state index contributed by atoms with van der Waals surface area (Å²) in [5.74, 6) is 0. The van der Waals surface area contributed by atoms with Gasteiger partial charge in [0, 0.05) is 0 Å². The maximum atomic E-state index is 2.36. The molecule has 0 N–H and O–H groups in total. The summed E-state index contributed by atoms with van der Waals surface area (Å²) in [7, 11) is 0.935. The van der Waals surface area contributed by atoms with E-state index in [-0.39, 0.29) is 0 Å². The summed E-state index contributed by atoms with van der Waals surface area (Å²) >= 11 is 0. The molecule has 0 saturated heterocycles. The summed E-state index contributed by atoms with van der Waals surface area (Å²) in [6.45, 7) is 0. The van der Waals surface area contributed by atoms with Gasteiger partial charge in [-0.3, -0.25) is 0 Å². The molecule has 2 aliphatic carbocycles. The van der Waals surface area contributed by atoms with Crippen LogP contribution in [0.2, 0.25) is 0 Å². The molecule has 0 aromatic heterocycles. The maximum Gasteiger partial charge on any atom is -0.0274 e. The zero-order valence-corrected chi connectivity index (χ0v) is 11.6. The van der Waals surface area contributed by atoms with Crippen LogP contribution in [0.25, 0.3) is 0 Å². The Hall–Kier alpha value is -0.610. The molecule has 92 valence electrons. The first kappa shape index (κ1) is 12.8. The monoisotopic (exact) mass is 246 g/mol. The summed E-state index contributed by atoms with van der Waals surface area (Å²) < 4.78 is 0. The minimum Gasteiger partial charge on any atom is -0.0845 e. The molecule has 0 nitrogen and oxygen atoms in total. The van der Waals surface area contributed by atoms with Gasteiger partial charge in [-0.2, -0.15) is 0 Å². The van der Waals surface area contributed by atoms with Crippen LogP contribution < -0.4 is 0 Å². The highest BCUT2D eigenvalue weighted by Crippen LogP contribution is 2.40. The number of hydrogen-bond acceptors (Lipinski definition) is 0. The van der Waals surface area contributed by atoms with Gasteiger partial charge in [-0.05, 0) is 62.0 Å². The van der Waals surface area contributed by atoms with Crippen molar-refractivity contribution in [2.45, 2.75) is 51.4 Å². The van der Waals surface area contributed by atoms with Crippen molar-refractivity contribution in [3.8, 4) is 0 Å². The van der Waals surface area contributed by atoms with Crippen molar-refractivity contribution in [1.29, 1.82) is 0 Å². The largest absolute Gasteiger partial charge is 0.0845 e. The van der Waals surface area contributed by atoms with Gasteiger partial charge in [0.15, 0.2) is 0 Å². The van der Waals surface area contributed by atoms with E-state index in [9.17, 15) is 0 Å². The molecule has 0 radical (unpaired) electrons. The van der Waals surface area contributed by atoms with Crippen molar-refractivity contribution in [3.63, 3.8) is 0 Å². The lowest BCUT2D eigenvalue weighted by molar-refractivity contribution is 0.748. The highest BCUT2D eigenvalue weighted by atomic mass is 31.1. The third-order valence-corrected chi connectivity index (χ3v) is 4.80. The molecule has 0 bridgehead atoms. The van der Waals surface area contributed by atoms with Crippen LogP contribution in [0.15, 0.2) is 47.1 Å². The Morgan fingerprint density at radius 1 is 0.706 bits per heavy atom. The Kier molecular flexibility index (Phi) is 5.79. The van der Waals surface area contributed by atoms with E-state index in [4.69, 9.17) is 0 Å². The van der Waals surface area contributed by atoms with Crippen LogP contribution in [0, 0.1) is 0 Å². The standard InChI is InChI=1S/C16H23P/c1-3-7-11-15(12-8-4-1)17-16-13-9-5-2-6-10-14-16/h3,5,7,9,11,13,17H,1-2,4,6,8,10,12,14H2. The minimum atomic E-state index is 0.935. The molecule has 2 rings (SSSR count). The van der Waals surface area contributed by atoms with Gasteiger partial charge in [-0.25, -0.2) is 0 Å². The molecule has 0 amide bonds. The Labute approximate surface area is 107 Å². The SMILES string of the molecule is C1=CCCCCC(PC2=CC=CCCCC2)=C1. The van der Waals surface area contributed by atoms with Gasteiger partial charge in [-0.1, -0.05) is 45.0 Å². The van der Waals surface area contributed by atoms with E-state index in [0.29, 0.717) is 0 Å². The molecule has 1 heteroatoms. The van der Waals surface area contributed by atoms with Gasteiger partial charge in [0.25, 0.3) is 0 Å². The summed E-state index contributed by atoms with van der Waals surface area (Å²) in [6.07, 6.45) is 24.5. The topological polar surface area (TPSA) is 0 Å². The van der Waals surface area contributed by atoms with Crippen LogP contribution in [0.3, 0.4) is 0 Å². The van der Waals surface area contributed by atoms with E-state index >= 15 is 0 Å². The van der Waals surface area contributed by atoms with E-state index in [0.717, 1.165) is 8.58 Å². The molecule has 0 heterocycles. The van der Waals surface area contributed by atoms with E-state index < -0.39 is 0 Å². The molecule has 17 heavy (non-hydrogen) atoms. The fourth-order valence-electron chi connectivity index (χ4n) is 2.30. The van der Waals surface area contributed by atoms with E-state index in [2.05, 4.69) is 36.5 Å². The van der Waals surface area contributed by atoms with Gasteiger partial charge in [0.2, 0.25) is 0 Å². The third-order valence-electron chi connectivity index (χ3n) is 3.32. The molecule has 0 spiro atoms. The first-order chi connectivity index (χ1) is 8.45. The van der Waals surface area contributed by atoms with Crippen molar-refractivity contribution in [3.05, 3.63) is 47.1 Å². The molecule has 0 aromatic rings. The Bertz CT molecular complexity index is 311. The van der Waals surface area contributed by atoms with Crippen molar-refractivity contribution in [1.82, 2.24) is 0 Å². The highest BCUT2D eigenvalue weighted by Gasteiger charge is 2.04. The van der Waals surface area contributed by atoms with Crippen LogP contribution in [0.4, 0.5) is 0 Å². The first-order valence-electron chi connectivity index (χ1n) is 6.93. The van der Waals surface area contributed by atoms with Gasteiger partial charge in [0.05, 0.1) is 0 Å². The second-order valence-electron chi connectivity index (χ2n) is 4.86. The molecule has 0 fully saturated rings. The lowest BCUT2D eigenvalue weighted by Crippen LogP contribution is -1.86. The average Bonchev–Trinajstić information content (AvgIpc) is 2.24. The number of rotatable bonds is 2. The zero-order chi connectivity index (χ0) is 11.8. The predicted molar refractivity (Wildman–Crippen MR) is 79.7 cm³/mol. The van der Waals surface area contributed by atoms with Crippen molar-refractivity contribution in [2.75, 3.05) is 0 Å². The van der Waals surface area contributed by atoms with E-state index in [1.165, 1.54) is 51.4 Å². The van der Waals surface area contributed by atoms with Crippen LogP contribution in [-0.4, -0.2) is 0 Å². The van der Waals surface area contributed by atoms with E-state index in [1.54, 1.807) is 10.6 Å². The second-order valence-corrected chi connectivity index (χ2v) is 6.39. The fraction of sp³-hybridized carbons (Fsp3) is 0.500. The normalized spacial score (nSPS) is 22.6. The molecular weight excluding hydrogens is 223 g/mol. The highest BCUT2D eigenvalue weighted by molar-refractivity contribution is 7.47. The van der Waals surface area contributed by atoms with Gasteiger partial charge >= 0.3 is 0 Å². The molecule has 0 unspecified atom stereocenters. The summed E-state index contributed by atoms with van der Waals surface area (Å²) in [4.78, 5) is 0. The quantitative estimate of drug-likeness (QED) is 0.549. The number of allylic oxidation sites excluding steroid dienone is 8. The zero-order valence-electron chi connectivity index (χ0n) is 10.6. The Morgan fingerprint density at radius 3 is 1.76 bits per heavy atom. The summed E-state index contributed by atoms with van der Waals surface area (Å²) in [5.41, 5.74) is 0. The van der Waals surface area contributed by atoms with Crippen LogP contribution in [0.1, 0.15) is 51.4 Å². The Balaban J connectivity index is 1.97. The third kappa shape index (κ3) is 5.04. The van der Waals surface area contributed by atoms with Crippen LogP contribution in [0.5, 0.6) is 0 Å². The van der Waals surface area contributed by atoms with Gasteiger partial charge < -0.3 is 0 Å². The van der Waals surface area contributed by atoms with Gasteiger partial charge in [0.1, 0.15) is 0 Å². The molecular formula is C16H23P. The second kappa shape index (κ2) is 7.67. The lowest BCUT2D eigenvalue weighted by atomic mass is 10.1. The summed E-state index contributed by atoms with van der Waals surface area (Å²) in [5, 5.41) is 3.31. The molecule has 2 aliphatic rings.